The normalized spacial score (nSPS) is 12.0. The second-order valence-corrected chi connectivity index (χ2v) is 11.3. The molecule has 7 heteroatoms. The number of unbranched alkanes of at least 4 members (excludes halogenated alkanes) is 14. The second kappa shape index (κ2) is 20.9. The fraction of sp³-hybridized carbons (Fsp3) is 0.583. The number of hydrogen-bond donors (Lipinski definition) is 1. The molecule has 43 heavy (non-hydrogen) atoms. The number of benzene rings is 2. The van der Waals surface area contributed by atoms with Crippen LogP contribution in [0.3, 0.4) is 0 Å². The smallest absolute Gasteiger partial charge is 0.416 e. The minimum Gasteiger partial charge on any atom is -0.490 e. The number of halogens is 3. The number of carbonyl (C=O) groups is 1. The Balaban J connectivity index is 2.09. The van der Waals surface area contributed by atoms with Gasteiger partial charge in [0, 0.05) is 0 Å². The number of aliphatic carboxylic acids is 1. The van der Waals surface area contributed by atoms with Crippen molar-refractivity contribution in [2.75, 3.05) is 13.2 Å². The van der Waals surface area contributed by atoms with Crippen LogP contribution in [0.4, 0.5) is 13.2 Å². The zero-order chi connectivity index (χ0) is 31.3. The molecule has 0 aliphatic carbocycles. The Kier molecular flexibility index (Phi) is 17.6. The van der Waals surface area contributed by atoms with Crippen LogP contribution in [-0.4, -0.2) is 24.3 Å². The first-order chi connectivity index (χ1) is 20.8. The summed E-state index contributed by atoms with van der Waals surface area (Å²) in [5.74, 6) is -0.198. The molecule has 2 rings (SSSR count). The Labute approximate surface area is 256 Å². The van der Waals surface area contributed by atoms with Crippen LogP contribution in [0.5, 0.6) is 11.5 Å². The Hall–Kier alpha value is -2.96. The summed E-state index contributed by atoms with van der Waals surface area (Å²) in [6.07, 6.45) is 15.8. The van der Waals surface area contributed by atoms with E-state index in [0.29, 0.717) is 30.3 Å². The molecule has 0 saturated heterocycles. The molecule has 0 spiro atoms. The molecule has 0 atom stereocenters. The summed E-state index contributed by atoms with van der Waals surface area (Å²) >= 11 is 0. The molecule has 0 saturated carbocycles. The van der Waals surface area contributed by atoms with E-state index in [-0.39, 0.29) is 11.1 Å². The molecule has 2 aromatic carbocycles. The molecule has 0 aliphatic heterocycles. The van der Waals surface area contributed by atoms with E-state index in [9.17, 15) is 23.1 Å². The van der Waals surface area contributed by atoms with Crippen molar-refractivity contribution in [3.8, 4) is 11.5 Å². The molecule has 1 N–H and O–H groups in total. The van der Waals surface area contributed by atoms with E-state index in [4.69, 9.17) is 9.47 Å². The molecular weight excluding hydrogens is 553 g/mol. The van der Waals surface area contributed by atoms with Gasteiger partial charge in [0.15, 0.2) is 11.5 Å². The van der Waals surface area contributed by atoms with Gasteiger partial charge in [-0.1, -0.05) is 122 Å². The minimum absolute atomic E-state index is 0.0150. The SMILES string of the molecule is CCCCCCCCCCOc1ccc(C=C(C(=O)O)c2cccc(C(F)(F)F)c2)cc1OCCCCCCCCCC. The van der Waals surface area contributed by atoms with E-state index in [1.807, 2.05) is 0 Å². The van der Waals surface area contributed by atoms with Crippen LogP contribution in [0.2, 0.25) is 0 Å². The molecule has 2 aromatic rings. The summed E-state index contributed by atoms with van der Waals surface area (Å²) in [6, 6.07) is 9.56. The van der Waals surface area contributed by atoms with E-state index in [0.717, 1.165) is 44.2 Å². The lowest BCUT2D eigenvalue weighted by atomic mass is 10.0. The van der Waals surface area contributed by atoms with Crippen LogP contribution in [0.25, 0.3) is 11.6 Å². The topological polar surface area (TPSA) is 55.8 Å². The first-order valence-electron chi connectivity index (χ1n) is 16.3. The number of hydrogen-bond acceptors (Lipinski definition) is 3. The van der Waals surface area contributed by atoms with Crippen molar-refractivity contribution in [1.29, 1.82) is 0 Å². The highest BCUT2D eigenvalue weighted by Gasteiger charge is 2.31. The van der Waals surface area contributed by atoms with E-state index in [1.165, 1.54) is 88.8 Å². The fourth-order valence-corrected chi connectivity index (χ4v) is 4.98. The lowest BCUT2D eigenvalue weighted by molar-refractivity contribution is -0.137. The molecule has 0 fully saturated rings. The van der Waals surface area contributed by atoms with Crippen LogP contribution in [0.1, 0.15) is 133 Å². The number of carboxylic acids is 1. The molecule has 0 amide bonds. The zero-order valence-electron chi connectivity index (χ0n) is 26.2. The predicted octanol–water partition coefficient (Wildman–Crippen LogP) is 11.4. The summed E-state index contributed by atoms with van der Waals surface area (Å²) in [4.78, 5) is 12.1. The van der Waals surface area contributed by atoms with Crippen molar-refractivity contribution in [3.63, 3.8) is 0 Å². The third kappa shape index (κ3) is 14.9. The maximum atomic E-state index is 13.3. The Morgan fingerprint density at radius 1 is 0.698 bits per heavy atom. The zero-order valence-corrected chi connectivity index (χ0v) is 26.2. The van der Waals surface area contributed by atoms with Gasteiger partial charge in [0.25, 0.3) is 0 Å². The summed E-state index contributed by atoms with van der Waals surface area (Å²) < 4.78 is 52.0. The summed E-state index contributed by atoms with van der Waals surface area (Å²) in [5, 5.41) is 9.84. The maximum absolute atomic E-state index is 13.3. The van der Waals surface area contributed by atoms with Crippen molar-refractivity contribution in [2.45, 2.75) is 123 Å². The van der Waals surface area contributed by atoms with Gasteiger partial charge in [0.1, 0.15) is 0 Å². The van der Waals surface area contributed by atoms with Crippen LogP contribution < -0.4 is 9.47 Å². The van der Waals surface area contributed by atoms with Crippen molar-refractivity contribution >= 4 is 17.6 Å². The average Bonchev–Trinajstić information content (AvgIpc) is 2.98. The van der Waals surface area contributed by atoms with Crippen molar-refractivity contribution in [1.82, 2.24) is 0 Å². The van der Waals surface area contributed by atoms with Crippen LogP contribution in [0.15, 0.2) is 42.5 Å². The molecule has 0 aromatic heterocycles. The summed E-state index contributed by atoms with van der Waals surface area (Å²) in [5.41, 5.74) is -0.622. The summed E-state index contributed by atoms with van der Waals surface area (Å²) in [7, 11) is 0. The lowest BCUT2D eigenvalue weighted by Gasteiger charge is -2.14. The molecular formula is C36H51F3O4. The van der Waals surface area contributed by atoms with Crippen molar-refractivity contribution in [2.24, 2.45) is 0 Å². The monoisotopic (exact) mass is 604 g/mol. The average molecular weight is 605 g/mol. The molecule has 0 radical (unpaired) electrons. The number of rotatable bonds is 23. The predicted molar refractivity (Wildman–Crippen MR) is 170 cm³/mol. The van der Waals surface area contributed by atoms with Gasteiger partial charge in [-0.2, -0.15) is 13.2 Å². The largest absolute Gasteiger partial charge is 0.490 e. The minimum atomic E-state index is -4.57. The van der Waals surface area contributed by atoms with E-state index < -0.39 is 17.7 Å². The van der Waals surface area contributed by atoms with Gasteiger partial charge in [0.2, 0.25) is 0 Å². The van der Waals surface area contributed by atoms with Gasteiger partial charge in [-0.15, -0.1) is 0 Å². The van der Waals surface area contributed by atoms with Gasteiger partial charge in [-0.05, 0) is 54.3 Å². The van der Waals surface area contributed by atoms with Crippen molar-refractivity contribution < 1.29 is 32.5 Å². The van der Waals surface area contributed by atoms with Crippen LogP contribution >= 0.6 is 0 Å². The number of alkyl halides is 3. The number of ether oxygens (including phenoxy) is 2. The third-order valence-electron chi connectivity index (χ3n) is 7.52. The van der Waals surface area contributed by atoms with Gasteiger partial charge < -0.3 is 14.6 Å². The maximum Gasteiger partial charge on any atom is 0.416 e. The first-order valence-corrected chi connectivity index (χ1v) is 16.3. The molecule has 0 heterocycles. The molecule has 240 valence electrons. The van der Waals surface area contributed by atoms with Crippen LogP contribution in [-0.2, 0) is 11.0 Å². The van der Waals surface area contributed by atoms with Crippen molar-refractivity contribution in [3.05, 3.63) is 59.2 Å². The molecule has 0 unspecified atom stereocenters. The van der Waals surface area contributed by atoms with Crippen LogP contribution in [0, 0.1) is 0 Å². The van der Waals surface area contributed by atoms with Gasteiger partial charge in [0.05, 0.1) is 24.4 Å². The Bertz CT molecular complexity index is 1090. The highest BCUT2D eigenvalue weighted by Crippen LogP contribution is 2.33. The first kappa shape index (κ1) is 36.2. The summed E-state index contributed by atoms with van der Waals surface area (Å²) in [6.45, 7) is 5.50. The van der Waals surface area contributed by atoms with E-state index >= 15 is 0 Å². The lowest BCUT2D eigenvalue weighted by Crippen LogP contribution is -2.07. The second-order valence-electron chi connectivity index (χ2n) is 11.3. The third-order valence-corrected chi connectivity index (χ3v) is 7.52. The molecule has 0 bridgehead atoms. The number of carboxylic acid groups (broad SMARTS) is 1. The Morgan fingerprint density at radius 2 is 1.21 bits per heavy atom. The van der Waals surface area contributed by atoms with E-state index in [2.05, 4.69) is 13.8 Å². The van der Waals surface area contributed by atoms with E-state index in [1.54, 1.807) is 18.2 Å². The Morgan fingerprint density at radius 3 is 1.72 bits per heavy atom. The van der Waals surface area contributed by atoms with Gasteiger partial charge in [-0.25, -0.2) is 4.79 Å². The quantitative estimate of drug-likeness (QED) is 0.0779. The molecule has 0 aliphatic rings. The standard InChI is InChI=1S/C36H51F3O4/c1-3-5-7-9-11-13-15-17-24-42-33-23-22-29(27-34(33)43-25-18-16-14-12-10-8-6-4-2)26-32(35(40)41)30-20-19-21-31(28-30)36(37,38)39/h19-23,26-28H,3-18,24-25H2,1-2H3,(H,40,41). The highest BCUT2D eigenvalue weighted by atomic mass is 19.4. The van der Waals surface area contributed by atoms with Gasteiger partial charge in [-0.3, -0.25) is 0 Å². The van der Waals surface area contributed by atoms with Gasteiger partial charge >= 0.3 is 12.1 Å². The fourth-order valence-electron chi connectivity index (χ4n) is 4.98. The highest BCUT2D eigenvalue weighted by molar-refractivity contribution is 6.20. The molecule has 4 nitrogen and oxygen atoms in total.